The van der Waals surface area contributed by atoms with Gasteiger partial charge in [-0.15, -0.1) is 6.58 Å². The van der Waals surface area contributed by atoms with Crippen LogP contribution in [0.5, 0.6) is 40.2 Å². The summed E-state index contributed by atoms with van der Waals surface area (Å²) in [6.07, 6.45) is 67.0. The SMILES string of the molecule is C=CCCc1c(F)c(F)c(OC)cc1[C@H]1CC[C@H](CCCC)CC1.CCCCCCCc1c(F)c(F)c(OC)cc1[C@H]1CC[C@H](CCCC)CC1.CCCCCc1c(F)c(F)c(OC)cc1[C@H]1CC[C@H](CCCC)CC1.CCCC[C@H]1CC[C@H](c2c(C)c(F)c(F)c(OC)c2OC)CC1.CCCC[C@H]1CC[C@H](c2cc(OC)c(F)c(F)c2CCC)CC1.CCCCc1c(F)c(F)c(OC)cc1[C@H]1CC[C@H](CCCC)CC1. The molecule has 12 rings (SSSR count). The highest BCUT2D eigenvalue weighted by molar-refractivity contribution is 5.54. The van der Waals surface area contributed by atoms with Crippen molar-refractivity contribution >= 4 is 0 Å². The summed E-state index contributed by atoms with van der Waals surface area (Å²) in [6, 6.07) is 8.81. The fraction of sp³-hybridized carbons (Fsp3) is 0.701. The molecule has 0 atom stereocenters. The van der Waals surface area contributed by atoms with E-state index in [4.69, 9.17) is 33.2 Å². The van der Waals surface area contributed by atoms with Gasteiger partial charge in [-0.3, -0.25) is 0 Å². The molecule has 0 spiro atoms. The summed E-state index contributed by atoms with van der Waals surface area (Å²) in [5.74, 6) is -2.21. The van der Waals surface area contributed by atoms with Crippen molar-refractivity contribution in [3.8, 4) is 40.2 Å². The van der Waals surface area contributed by atoms with Crippen LogP contribution in [-0.2, 0) is 32.1 Å². The summed E-state index contributed by atoms with van der Waals surface area (Å²) in [4.78, 5) is 0. The molecule has 19 heteroatoms. The van der Waals surface area contributed by atoms with Gasteiger partial charge in [0.05, 0.1) is 49.8 Å². The number of methoxy groups -OCH3 is 7. The third-order valence-electron chi connectivity index (χ3n) is 33.6. The van der Waals surface area contributed by atoms with Crippen molar-refractivity contribution in [1.82, 2.24) is 0 Å². The van der Waals surface area contributed by atoms with Crippen molar-refractivity contribution in [2.75, 3.05) is 49.8 Å². The van der Waals surface area contributed by atoms with Crippen LogP contribution in [-0.4, -0.2) is 49.8 Å². The number of benzene rings is 6. The molecule has 0 heterocycles. The molecule has 0 N–H and O–H groups in total. The van der Waals surface area contributed by atoms with E-state index in [1.54, 1.807) is 43.3 Å². The fourth-order valence-corrected chi connectivity index (χ4v) is 24.6. The maximum Gasteiger partial charge on any atom is 0.204 e. The molecule has 0 saturated heterocycles. The quantitative estimate of drug-likeness (QED) is 0.0214. The minimum absolute atomic E-state index is 0.0259. The largest absolute Gasteiger partial charge is 0.494 e. The molecule has 6 aliphatic rings. The van der Waals surface area contributed by atoms with Gasteiger partial charge in [0.15, 0.2) is 75.1 Å². The molecule has 826 valence electrons. The number of allylic oxidation sites excluding steroid dienone is 1. The van der Waals surface area contributed by atoms with Crippen LogP contribution in [0.2, 0.25) is 0 Å². The predicted octanol–water partition coefficient (Wildman–Crippen LogP) is 40.6. The van der Waals surface area contributed by atoms with E-state index in [0.717, 1.165) is 210 Å². The van der Waals surface area contributed by atoms with Crippen molar-refractivity contribution in [3.63, 3.8) is 0 Å². The highest BCUT2D eigenvalue weighted by atomic mass is 19.2. The number of ether oxygens (including phenoxy) is 7. The Kier molecular flexibility index (Phi) is 59.1. The van der Waals surface area contributed by atoms with Crippen LogP contribution in [0.15, 0.2) is 43.0 Å². The molecule has 0 aliphatic heterocycles. The van der Waals surface area contributed by atoms with Gasteiger partial charge in [-0.05, 0) is 381 Å². The zero-order valence-corrected chi connectivity index (χ0v) is 93.7. The zero-order valence-electron chi connectivity index (χ0n) is 93.7. The standard InChI is InChI=1S/C24H38F2O.C22H34F2O.C21H32F2O.C21H30F2O.C20H30F2O.C19H28F2O2/c1-4-6-8-9-10-12-20-21(17-22(27-3)24(26)23(20)25)19-15-13-18(14-16-19)11-7-5-2;1-4-6-8-10-18-19(15-20(25-3)22(24)21(18)23)17-13-11-16(12-14-17)9-7-5-2;2*1-4-6-8-15-10-12-16(13-11-15)18-14-19(24-3)21(23)20(22)17(18)9-7-5-2;1-4-6-8-14-9-11-15(12-10-14)17-13-18(23-3)20(22)19(21)16(17)7-5-2;1-5-6-7-13-8-10-14(11-9-13)15-12(2)16(20)17(21)19(23-4)18(15)22-3/h17-19H,4-16H2,1-3H3;15-17H,4-14H2,1-3H3;14-16H,4-13H2,1-3H3;5,14-16H,2,4,6-13H2,1,3H3;13-15H,4-12H2,1-3H3;13-14H,5-11H2,1-4H3/t18-,19-;16-,17-;2*15-,16-;14-,15-;13-,14-. The molecule has 6 aromatic rings. The Bertz CT molecular complexity index is 4710. The third-order valence-corrected chi connectivity index (χ3v) is 33.6. The van der Waals surface area contributed by atoms with Crippen molar-refractivity contribution < 1.29 is 85.8 Å². The van der Waals surface area contributed by atoms with Gasteiger partial charge in [0.2, 0.25) is 34.9 Å². The molecule has 0 aromatic heterocycles. The molecule has 7 nitrogen and oxygen atoms in total. The topological polar surface area (TPSA) is 64.6 Å². The van der Waals surface area contributed by atoms with Gasteiger partial charge in [-0.2, -0.15) is 26.3 Å². The number of hydrogen-bond acceptors (Lipinski definition) is 7. The Morgan fingerprint density at radius 2 is 0.445 bits per heavy atom. The van der Waals surface area contributed by atoms with Crippen molar-refractivity contribution in [2.24, 2.45) is 35.5 Å². The Hall–Kier alpha value is -7.18. The number of hydrogen-bond donors (Lipinski definition) is 0. The first-order chi connectivity index (χ1) is 70.6. The smallest absolute Gasteiger partial charge is 0.204 e. The van der Waals surface area contributed by atoms with Crippen LogP contribution in [0.4, 0.5) is 52.7 Å². The van der Waals surface area contributed by atoms with Gasteiger partial charge in [0.25, 0.3) is 0 Å². The maximum atomic E-state index is 14.8. The normalized spacial score (nSPS) is 20.9. The summed E-state index contributed by atoms with van der Waals surface area (Å²) < 4.78 is 208. The van der Waals surface area contributed by atoms with Crippen LogP contribution in [0, 0.1) is 112 Å². The lowest BCUT2D eigenvalue weighted by atomic mass is 9.75. The highest BCUT2D eigenvalue weighted by Crippen LogP contribution is 2.52. The second-order valence-electron chi connectivity index (χ2n) is 43.6. The lowest BCUT2D eigenvalue weighted by Crippen LogP contribution is -2.16. The molecule has 6 aromatic carbocycles. The summed E-state index contributed by atoms with van der Waals surface area (Å²) in [7, 11) is 9.89. The Morgan fingerprint density at radius 3 is 0.678 bits per heavy atom. The van der Waals surface area contributed by atoms with Gasteiger partial charge >= 0.3 is 0 Å². The zero-order chi connectivity index (χ0) is 107. The van der Waals surface area contributed by atoms with Crippen LogP contribution in [0.3, 0.4) is 0 Å². The van der Waals surface area contributed by atoms with Crippen LogP contribution >= 0.6 is 0 Å². The first-order valence-corrected chi connectivity index (χ1v) is 58.1. The van der Waals surface area contributed by atoms with Gasteiger partial charge in [-0.1, -0.05) is 242 Å². The van der Waals surface area contributed by atoms with E-state index < -0.39 is 69.8 Å². The Balaban J connectivity index is 0.000000238. The molecule has 0 unspecified atom stereocenters. The van der Waals surface area contributed by atoms with E-state index >= 15 is 0 Å². The summed E-state index contributed by atoms with van der Waals surface area (Å²) in [5, 5.41) is 0. The molecule has 146 heavy (non-hydrogen) atoms. The van der Waals surface area contributed by atoms with Crippen molar-refractivity contribution in [1.29, 1.82) is 0 Å². The molecule has 0 radical (unpaired) electrons. The van der Waals surface area contributed by atoms with E-state index in [9.17, 15) is 52.7 Å². The van der Waals surface area contributed by atoms with Crippen LogP contribution < -0.4 is 33.2 Å². The lowest BCUT2D eigenvalue weighted by Gasteiger charge is -2.31. The van der Waals surface area contributed by atoms with E-state index in [2.05, 4.69) is 68.9 Å². The molecule has 0 bridgehead atoms. The molecule has 6 saturated carbocycles. The van der Waals surface area contributed by atoms with E-state index in [0.29, 0.717) is 107 Å². The minimum Gasteiger partial charge on any atom is -0.494 e. The summed E-state index contributed by atoms with van der Waals surface area (Å²) in [6.45, 7) is 27.1. The van der Waals surface area contributed by atoms with Crippen LogP contribution in [0.1, 0.15) is 518 Å². The monoisotopic (exact) mass is 2060 g/mol. The number of rotatable bonds is 49. The average Bonchev–Trinajstić information content (AvgIpc) is 0.765. The van der Waals surface area contributed by atoms with Gasteiger partial charge in [-0.25, -0.2) is 26.3 Å². The van der Waals surface area contributed by atoms with E-state index in [1.165, 1.54) is 249 Å². The third kappa shape index (κ3) is 36.8. The Labute approximate surface area is 876 Å². The second-order valence-corrected chi connectivity index (χ2v) is 43.6. The highest BCUT2D eigenvalue weighted by Gasteiger charge is 2.37. The molecule has 6 fully saturated rings. The first-order valence-electron chi connectivity index (χ1n) is 58.1. The lowest BCUT2D eigenvalue weighted by molar-refractivity contribution is 0.288. The fourth-order valence-electron chi connectivity index (χ4n) is 24.6. The van der Waals surface area contributed by atoms with Crippen molar-refractivity contribution in [2.45, 2.75) is 490 Å². The molecule has 6 aliphatic carbocycles. The predicted molar refractivity (Wildman–Crippen MR) is 581 cm³/mol. The molecular weight excluding hydrogens is 1870 g/mol. The van der Waals surface area contributed by atoms with Crippen LogP contribution in [0.25, 0.3) is 0 Å². The minimum atomic E-state index is -0.956. The Morgan fingerprint density at radius 1 is 0.226 bits per heavy atom. The van der Waals surface area contributed by atoms with Crippen molar-refractivity contribution in [3.05, 3.63) is 180 Å². The number of unbranched alkanes of at least 4 members (excludes halogenated alkanes) is 13. The van der Waals surface area contributed by atoms with Gasteiger partial charge in [0.1, 0.15) is 0 Å². The van der Waals surface area contributed by atoms with E-state index in [-0.39, 0.29) is 40.4 Å². The summed E-state index contributed by atoms with van der Waals surface area (Å²) >= 11 is 0. The second kappa shape index (κ2) is 68.7. The molecular formula is C127H192F12O7. The number of halogens is 12. The van der Waals surface area contributed by atoms with Gasteiger partial charge < -0.3 is 33.2 Å². The first kappa shape index (κ1) is 126. The van der Waals surface area contributed by atoms with E-state index in [1.807, 2.05) is 6.92 Å². The average molecular weight is 2060 g/mol. The molecule has 0 amide bonds. The maximum absolute atomic E-state index is 14.8. The summed E-state index contributed by atoms with van der Waals surface area (Å²) in [5.41, 5.74) is 8.97. The van der Waals surface area contributed by atoms with Gasteiger partial charge in [0, 0.05) is 5.56 Å².